The minimum absolute atomic E-state index is 0.172. The Morgan fingerprint density at radius 3 is 2.77 bits per heavy atom. The molecule has 0 radical (unpaired) electrons. The van der Waals surface area contributed by atoms with Crippen LogP contribution in [-0.4, -0.2) is 38.0 Å². The lowest BCUT2D eigenvalue weighted by atomic mass is 10.0. The van der Waals surface area contributed by atoms with Gasteiger partial charge in [-0.2, -0.15) is 0 Å². The Morgan fingerprint density at radius 2 is 2.09 bits per heavy atom. The number of amides is 2. The third kappa shape index (κ3) is 2.75. The van der Waals surface area contributed by atoms with Crippen molar-refractivity contribution >= 4 is 29.3 Å². The molecule has 0 spiro atoms. The molecule has 2 heterocycles. The maximum atomic E-state index is 12.4. The zero-order chi connectivity index (χ0) is 15.7. The number of fused-ring (bicyclic) bond motifs is 1. The normalized spacial score (nSPS) is 17.0. The van der Waals surface area contributed by atoms with Gasteiger partial charge in [0.2, 0.25) is 0 Å². The number of urea groups is 1. The number of rotatable bonds is 2. The number of nitrogens with zero attached hydrogens (tertiary/aromatic N) is 2. The van der Waals surface area contributed by atoms with Crippen molar-refractivity contribution < 1.29 is 14.7 Å². The molecule has 7 nitrogen and oxygen atoms in total. The fourth-order valence-electron chi connectivity index (χ4n) is 2.40. The van der Waals surface area contributed by atoms with Gasteiger partial charge in [0.1, 0.15) is 6.04 Å². The van der Waals surface area contributed by atoms with E-state index in [1.54, 1.807) is 24.3 Å². The average Bonchev–Trinajstić information content (AvgIpc) is 2.95. The Bertz CT molecular complexity index is 713. The van der Waals surface area contributed by atoms with Gasteiger partial charge in [-0.25, -0.2) is 14.6 Å². The lowest BCUT2D eigenvalue weighted by molar-refractivity contribution is -0.142. The van der Waals surface area contributed by atoms with Gasteiger partial charge in [-0.3, -0.25) is 0 Å². The lowest BCUT2D eigenvalue weighted by Gasteiger charge is -2.32. The summed E-state index contributed by atoms with van der Waals surface area (Å²) < 4.78 is 0. The van der Waals surface area contributed by atoms with Crippen LogP contribution >= 0.6 is 11.6 Å². The molecule has 8 heteroatoms. The van der Waals surface area contributed by atoms with Crippen LogP contribution in [0, 0.1) is 0 Å². The minimum atomic E-state index is -1.06. The average molecular weight is 321 g/mol. The predicted octanol–water partition coefficient (Wildman–Crippen LogP) is 2.11. The highest BCUT2D eigenvalue weighted by molar-refractivity contribution is 6.30. The van der Waals surface area contributed by atoms with Crippen LogP contribution in [0.15, 0.2) is 30.6 Å². The first-order valence-electron chi connectivity index (χ1n) is 6.61. The van der Waals surface area contributed by atoms with E-state index in [1.165, 1.54) is 11.2 Å². The number of anilines is 1. The van der Waals surface area contributed by atoms with E-state index in [0.717, 1.165) is 5.69 Å². The highest BCUT2D eigenvalue weighted by atomic mass is 35.5. The van der Waals surface area contributed by atoms with Crippen molar-refractivity contribution in [2.75, 3.05) is 5.32 Å². The molecule has 1 atom stereocenters. The molecule has 2 amide bonds. The van der Waals surface area contributed by atoms with E-state index >= 15 is 0 Å². The van der Waals surface area contributed by atoms with Crippen LogP contribution in [0.4, 0.5) is 10.5 Å². The van der Waals surface area contributed by atoms with Crippen molar-refractivity contribution in [3.63, 3.8) is 0 Å². The number of hydrogen-bond acceptors (Lipinski definition) is 3. The van der Waals surface area contributed by atoms with Crippen LogP contribution < -0.4 is 5.32 Å². The second kappa shape index (κ2) is 5.69. The quantitative estimate of drug-likeness (QED) is 0.789. The van der Waals surface area contributed by atoms with Crippen molar-refractivity contribution in [2.24, 2.45) is 0 Å². The van der Waals surface area contributed by atoms with Crippen LogP contribution in [0.5, 0.6) is 0 Å². The van der Waals surface area contributed by atoms with Gasteiger partial charge >= 0.3 is 12.0 Å². The highest BCUT2D eigenvalue weighted by Crippen LogP contribution is 2.22. The Balaban J connectivity index is 1.80. The van der Waals surface area contributed by atoms with Gasteiger partial charge in [-0.05, 0) is 24.3 Å². The monoisotopic (exact) mass is 320 g/mol. The highest BCUT2D eigenvalue weighted by Gasteiger charge is 2.36. The van der Waals surface area contributed by atoms with Crippen molar-refractivity contribution in [3.05, 3.63) is 47.0 Å². The summed E-state index contributed by atoms with van der Waals surface area (Å²) in [5.41, 5.74) is 1.99. The molecule has 22 heavy (non-hydrogen) atoms. The summed E-state index contributed by atoms with van der Waals surface area (Å²) in [6.07, 6.45) is 1.69. The van der Waals surface area contributed by atoms with Gasteiger partial charge in [-0.1, -0.05) is 11.6 Å². The minimum Gasteiger partial charge on any atom is -0.480 e. The molecule has 1 aliphatic heterocycles. The van der Waals surface area contributed by atoms with Crippen LogP contribution in [-0.2, 0) is 17.8 Å². The summed E-state index contributed by atoms with van der Waals surface area (Å²) in [4.78, 5) is 32.1. The van der Waals surface area contributed by atoms with Gasteiger partial charge in [0.15, 0.2) is 0 Å². The number of aliphatic carboxylic acids is 1. The zero-order valence-corrected chi connectivity index (χ0v) is 12.2. The number of aromatic nitrogens is 2. The number of carboxylic acid groups (broad SMARTS) is 1. The van der Waals surface area contributed by atoms with Crippen molar-refractivity contribution in [2.45, 2.75) is 19.0 Å². The van der Waals surface area contributed by atoms with E-state index in [1.807, 2.05) is 0 Å². The van der Waals surface area contributed by atoms with Gasteiger partial charge in [0, 0.05) is 17.1 Å². The molecule has 3 rings (SSSR count). The topological polar surface area (TPSA) is 98.3 Å². The molecule has 1 aliphatic rings. The van der Waals surface area contributed by atoms with E-state index in [2.05, 4.69) is 15.3 Å². The van der Waals surface area contributed by atoms with Gasteiger partial charge in [0.05, 0.1) is 24.3 Å². The van der Waals surface area contributed by atoms with Crippen LogP contribution in [0.1, 0.15) is 11.4 Å². The number of carboxylic acids is 1. The SMILES string of the molecule is O=C(O)C1Cc2nc[nH]c2CN1C(=O)Nc1ccc(Cl)cc1. The third-order valence-electron chi connectivity index (χ3n) is 3.54. The molecular weight excluding hydrogens is 308 g/mol. The fraction of sp³-hybridized carbons (Fsp3) is 0.214. The summed E-state index contributed by atoms with van der Waals surface area (Å²) in [5.74, 6) is -1.06. The summed E-state index contributed by atoms with van der Waals surface area (Å²) in [6, 6.07) is 5.19. The molecule has 1 aromatic heterocycles. The van der Waals surface area contributed by atoms with Crippen LogP contribution in [0.25, 0.3) is 0 Å². The molecule has 3 N–H and O–H groups in total. The Kier molecular flexibility index (Phi) is 3.72. The number of benzene rings is 1. The number of carbonyl (C=O) groups is 2. The zero-order valence-electron chi connectivity index (χ0n) is 11.4. The van der Waals surface area contributed by atoms with E-state index in [4.69, 9.17) is 11.6 Å². The van der Waals surface area contributed by atoms with Crippen LogP contribution in [0.3, 0.4) is 0 Å². The molecule has 0 saturated carbocycles. The number of aromatic amines is 1. The number of nitrogens with one attached hydrogen (secondary N) is 2. The fourth-order valence-corrected chi connectivity index (χ4v) is 2.52. The first kappa shape index (κ1) is 14.4. The first-order chi connectivity index (χ1) is 10.5. The second-order valence-corrected chi connectivity index (χ2v) is 5.39. The van der Waals surface area contributed by atoms with Crippen molar-refractivity contribution in [1.82, 2.24) is 14.9 Å². The maximum absolute atomic E-state index is 12.4. The molecule has 0 bridgehead atoms. The first-order valence-corrected chi connectivity index (χ1v) is 6.99. The number of hydrogen-bond donors (Lipinski definition) is 3. The number of halogens is 1. The predicted molar refractivity (Wildman–Crippen MR) is 79.7 cm³/mol. The van der Waals surface area contributed by atoms with Crippen molar-refractivity contribution in [3.8, 4) is 0 Å². The number of carbonyl (C=O) groups excluding carboxylic acids is 1. The smallest absolute Gasteiger partial charge is 0.326 e. The lowest BCUT2D eigenvalue weighted by Crippen LogP contribution is -2.50. The molecule has 2 aromatic rings. The maximum Gasteiger partial charge on any atom is 0.326 e. The molecule has 1 aromatic carbocycles. The Morgan fingerprint density at radius 1 is 1.36 bits per heavy atom. The van der Waals surface area contributed by atoms with Gasteiger partial charge < -0.3 is 20.3 Å². The van der Waals surface area contributed by atoms with Gasteiger partial charge in [-0.15, -0.1) is 0 Å². The molecule has 1 unspecified atom stereocenters. The van der Waals surface area contributed by atoms with E-state index in [9.17, 15) is 14.7 Å². The summed E-state index contributed by atoms with van der Waals surface area (Å²) in [5, 5.41) is 12.6. The van der Waals surface area contributed by atoms with Gasteiger partial charge in [0.25, 0.3) is 0 Å². The standard InChI is InChI=1S/C14H13ClN4O3/c15-8-1-3-9(4-2-8)18-14(22)19-6-11-10(16-7-17-11)5-12(19)13(20)21/h1-4,7,12H,5-6H2,(H,16,17)(H,18,22)(H,20,21). The second-order valence-electron chi connectivity index (χ2n) is 4.95. The Hall–Kier alpha value is -2.54. The van der Waals surface area contributed by atoms with E-state index < -0.39 is 18.0 Å². The molecular formula is C14H13ClN4O3. The Labute approximate surface area is 130 Å². The van der Waals surface area contributed by atoms with Crippen LogP contribution in [0.2, 0.25) is 5.02 Å². The van der Waals surface area contributed by atoms with E-state index in [-0.39, 0.29) is 13.0 Å². The third-order valence-corrected chi connectivity index (χ3v) is 3.79. The summed E-state index contributed by atoms with van der Waals surface area (Å²) in [6.45, 7) is 0.172. The van der Waals surface area contributed by atoms with E-state index in [0.29, 0.717) is 16.4 Å². The molecule has 0 saturated heterocycles. The summed E-state index contributed by atoms with van der Waals surface area (Å²) >= 11 is 5.79. The number of imidazole rings is 1. The van der Waals surface area contributed by atoms with Crippen molar-refractivity contribution in [1.29, 1.82) is 0 Å². The summed E-state index contributed by atoms with van der Waals surface area (Å²) in [7, 11) is 0. The molecule has 0 fully saturated rings. The molecule has 0 aliphatic carbocycles. The molecule has 114 valence electrons. The number of H-pyrrole nitrogens is 1. The largest absolute Gasteiger partial charge is 0.480 e.